The zero-order valence-electron chi connectivity index (χ0n) is 7.83. The summed E-state index contributed by atoms with van der Waals surface area (Å²) in [4.78, 5) is 10.3. The van der Waals surface area contributed by atoms with Crippen molar-refractivity contribution in [2.24, 2.45) is 5.73 Å². The van der Waals surface area contributed by atoms with Crippen molar-refractivity contribution in [2.75, 3.05) is 6.26 Å². The van der Waals surface area contributed by atoms with Crippen LogP contribution >= 0.6 is 11.8 Å². The van der Waals surface area contributed by atoms with E-state index in [0.29, 0.717) is 0 Å². The molecule has 0 spiro atoms. The minimum absolute atomic E-state index is 0.215. The highest BCUT2D eigenvalue weighted by Crippen LogP contribution is 2.27. The molecule has 82 valence electrons. The molecule has 0 bridgehead atoms. The van der Waals surface area contributed by atoms with Crippen molar-refractivity contribution in [2.45, 2.75) is 10.9 Å². The van der Waals surface area contributed by atoms with Gasteiger partial charge in [0.1, 0.15) is 17.7 Å². The maximum atomic E-state index is 13.5. The van der Waals surface area contributed by atoms with E-state index < -0.39 is 23.6 Å². The summed E-state index contributed by atoms with van der Waals surface area (Å²) in [5, 5.41) is 8.60. The van der Waals surface area contributed by atoms with Gasteiger partial charge in [0.05, 0.1) is 4.90 Å². The zero-order valence-corrected chi connectivity index (χ0v) is 8.65. The summed E-state index contributed by atoms with van der Waals surface area (Å²) in [5.41, 5.74) is 5.03. The zero-order chi connectivity index (χ0) is 11.6. The average Bonchev–Trinajstić information content (AvgIpc) is 2.17. The first-order valence-corrected chi connectivity index (χ1v) is 5.21. The highest BCUT2D eigenvalue weighted by Gasteiger charge is 2.22. The lowest BCUT2D eigenvalue weighted by Crippen LogP contribution is -2.22. The van der Waals surface area contributed by atoms with Crippen LogP contribution in [-0.4, -0.2) is 17.3 Å². The Morgan fingerprint density at radius 3 is 2.60 bits per heavy atom. The standard InChI is InChI=1S/C9H9F2NO2S/c1-15-8-5(10)3-2-4(6(8)11)7(12)9(13)14/h2-3,7H,12H2,1H3,(H,13,14). The number of carboxylic acid groups (broad SMARTS) is 1. The Hall–Kier alpha value is -1.14. The number of aliphatic carboxylic acids is 1. The maximum Gasteiger partial charge on any atom is 0.325 e. The molecule has 0 saturated heterocycles. The first-order valence-electron chi connectivity index (χ1n) is 3.99. The van der Waals surface area contributed by atoms with Gasteiger partial charge in [-0.15, -0.1) is 11.8 Å². The van der Waals surface area contributed by atoms with E-state index in [1.807, 2.05) is 0 Å². The van der Waals surface area contributed by atoms with Crippen molar-refractivity contribution in [3.63, 3.8) is 0 Å². The summed E-state index contributed by atoms with van der Waals surface area (Å²) < 4.78 is 26.6. The largest absolute Gasteiger partial charge is 0.480 e. The second kappa shape index (κ2) is 4.59. The van der Waals surface area contributed by atoms with Gasteiger partial charge in [-0.2, -0.15) is 0 Å². The van der Waals surface area contributed by atoms with E-state index in [-0.39, 0.29) is 10.5 Å². The molecule has 1 atom stereocenters. The van der Waals surface area contributed by atoms with E-state index in [4.69, 9.17) is 10.8 Å². The molecular weight excluding hydrogens is 224 g/mol. The van der Waals surface area contributed by atoms with Crippen molar-refractivity contribution >= 4 is 17.7 Å². The molecular formula is C9H9F2NO2S. The average molecular weight is 233 g/mol. The number of hydrogen-bond acceptors (Lipinski definition) is 3. The second-order valence-corrected chi connectivity index (χ2v) is 3.62. The third kappa shape index (κ3) is 2.27. The van der Waals surface area contributed by atoms with Crippen molar-refractivity contribution in [3.8, 4) is 0 Å². The number of thioether (sulfide) groups is 1. The molecule has 1 unspecified atom stereocenters. The van der Waals surface area contributed by atoms with Gasteiger partial charge in [-0.3, -0.25) is 4.79 Å². The molecule has 0 amide bonds. The lowest BCUT2D eigenvalue weighted by molar-refractivity contribution is -0.138. The molecule has 0 aliphatic rings. The molecule has 15 heavy (non-hydrogen) atoms. The van der Waals surface area contributed by atoms with Crippen LogP contribution in [0.1, 0.15) is 11.6 Å². The van der Waals surface area contributed by atoms with E-state index in [2.05, 4.69) is 0 Å². The molecule has 0 saturated carbocycles. The number of rotatable bonds is 3. The Kier molecular flexibility index (Phi) is 3.65. The normalized spacial score (nSPS) is 12.5. The Morgan fingerprint density at radius 1 is 1.53 bits per heavy atom. The van der Waals surface area contributed by atoms with Crippen LogP contribution in [0.15, 0.2) is 17.0 Å². The van der Waals surface area contributed by atoms with Crippen LogP contribution in [0, 0.1) is 11.6 Å². The quantitative estimate of drug-likeness (QED) is 0.781. The molecule has 6 heteroatoms. The number of halogens is 2. The Morgan fingerprint density at radius 2 is 2.13 bits per heavy atom. The minimum Gasteiger partial charge on any atom is -0.480 e. The lowest BCUT2D eigenvalue weighted by Gasteiger charge is -2.10. The van der Waals surface area contributed by atoms with Crippen molar-refractivity contribution < 1.29 is 18.7 Å². The van der Waals surface area contributed by atoms with Crippen LogP contribution in [-0.2, 0) is 4.79 Å². The van der Waals surface area contributed by atoms with E-state index >= 15 is 0 Å². The fourth-order valence-corrected chi connectivity index (χ4v) is 1.67. The fourth-order valence-electron chi connectivity index (χ4n) is 1.11. The molecule has 0 fully saturated rings. The van der Waals surface area contributed by atoms with Crippen molar-refractivity contribution in [1.29, 1.82) is 0 Å². The van der Waals surface area contributed by atoms with Crippen molar-refractivity contribution in [1.82, 2.24) is 0 Å². The molecule has 1 rings (SSSR count). The Labute approximate surface area is 89.3 Å². The number of benzene rings is 1. The van der Waals surface area contributed by atoms with Gasteiger partial charge in [0.15, 0.2) is 0 Å². The van der Waals surface area contributed by atoms with Gasteiger partial charge in [0.2, 0.25) is 0 Å². The molecule has 3 nitrogen and oxygen atoms in total. The SMILES string of the molecule is CSc1c(F)ccc(C(N)C(=O)O)c1F. The number of hydrogen-bond donors (Lipinski definition) is 2. The monoisotopic (exact) mass is 233 g/mol. The summed E-state index contributed by atoms with van der Waals surface area (Å²) in [5.74, 6) is -2.98. The van der Waals surface area contributed by atoms with Gasteiger partial charge in [-0.05, 0) is 12.3 Å². The van der Waals surface area contributed by atoms with Gasteiger partial charge >= 0.3 is 5.97 Å². The highest BCUT2D eigenvalue weighted by molar-refractivity contribution is 7.98. The van der Waals surface area contributed by atoms with Crippen LogP contribution in [0.3, 0.4) is 0 Å². The van der Waals surface area contributed by atoms with E-state index in [0.717, 1.165) is 23.9 Å². The van der Waals surface area contributed by atoms with E-state index in [9.17, 15) is 13.6 Å². The lowest BCUT2D eigenvalue weighted by atomic mass is 10.1. The van der Waals surface area contributed by atoms with E-state index in [1.165, 1.54) is 6.26 Å². The first-order chi connectivity index (χ1) is 6.99. The summed E-state index contributed by atoms with van der Waals surface area (Å²) >= 11 is 0.867. The number of carbonyl (C=O) groups is 1. The third-order valence-corrected chi connectivity index (χ3v) is 2.67. The molecule has 0 aliphatic heterocycles. The van der Waals surface area contributed by atoms with E-state index in [1.54, 1.807) is 0 Å². The van der Waals surface area contributed by atoms with Crippen LogP contribution in [0.4, 0.5) is 8.78 Å². The second-order valence-electron chi connectivity index (χ2n) is 2.80. The Balaban J connectivity index is 3.27. The van der Waals surface area contributed by atoms with Gasteiger partial charge in [-0.25, -0.2) is 8.78 Å². The van der Waals surface area contributed by atoms with Crippen LogP contribution in [0.5, 0.6) is 0 Å². The van der Waals surface area contributed by atoms with Crippen LogP contribution in [0.2, 0.25) is 0 Å². The van der Waals surface area contributed by atoms with Crippen molar-refractivity contribution in [3.05, 3.63) is 29.3 Å². The number of nitrogens with two attached hydrogens (primary N) is 1. The summed E-state index contributed by atoms with van der Waals surface area (Å²) in [6.45, 7) is 0. The topological polar surface area (TPSA) is 63.3 Å². The van der Waals surface area contributed by atoms with Crippen LogP contribution in [0.25, 0.3) is 0 Å². The smallest absolute Gasteiger partial charge is 0.325 e. The molecule has 1 aromatic carbocycles. The highest BCUT2D eigenvalue weighted by atomic mass is 32.2. The van der Waals surface area contributed by atoms with Gasteiger partial charge in [0.25, 0.3) is 0 Å². The maximum absolute atomic E-state index is 13.5. The fraction of sp³-hybridized carbons (Fsp3) is 0.222. The number of carboxylic acids is 1. The third-order valence-electron chi connectivity index (χ3n) is 1.88. The summed E-state index contributed by atoms with van der Waals surface area (Å²) in [7, 11) is 0. The molecule has 0 radical (unpaired) electrons. The van der Waals surface area contributed by atoms with Gasteiger partial charge < -0.3 is 10.8 Å². The first kappa shape index (κ1) is 11.9. The molecule has 1 aromatic rings. The molecule has 0 heterocycles. The van der Waals surface area contributed by atoms with Crippen LogP contribution < -0.4 is 5.73 Å². The summed E-state index contributed by atoms with van der Waals surface area (Å²) in [6, 6.07) is 0.576. The molecule has 0 aromatic heterocycles. The molecule has 0 aliphatic carbocycles. The van der Waals surface area contributed by atoms with Gasteiger partial charge in [0, 0.05) is 5.56 Å². The Bertz CT molecular complexity index is 398. The predicted molar refractivity (Wildman–Crippen MR) is 52.7 cm³/mol. The summed E-state index contributed by atoms with van der Waals surface area (Å²) in [6.07, 6.45) is 1.50. The molecule has 3 N–H and O–H groups in total. The minimum atomic E-state index is -1.48. The van der Waals surface area contributed by atoms with Gasteiger partial charge in [-0.1, -0.05) is 6.07 Å². The predicted octanol–water partition coefficient (Wildman–Crippen LogP) is 1.77.